The summed E-state index contributed by atoms with van der Waals surface area (Å²) in [5, 5.41) is 2.21. The van der Waals surface area contributed by atoms with Crippen LogP contribution in [0.2, 0.25) is 0 Å². The number of para-hydroxylation sites is 2. The van der Waals surface area contributed by atoms with Gasteiger partial charge in [-0.2, -0.15) is 0 Å². The summed E-state index contributed by atoms with van der Waals surface area (Å²) >= 11 is 0. The van der Waals surface area contributed by atoms with Crippen molar-refractivity contribution in [3.63, 3.8) is 0 Å². The van der Waals surface area contributed by atoms with Crippen LogP contribution < -0.4 is 0 Å². The minimum Gasteiger partial charge on any atom is -0.455 e. The summed E-state index contributed by atoms with van der Waals surface area (Å²) in [4.78, 5) is 10.8. The first-order valence-electron chi connectivity index (χ1n) is 21.1. The van der Waals surface area contributed by atoms with Gasteiger partial charge >= 0.3 is 0 Å². The van der Waals surface area contributed by atoms with Crippen LogP contribution in [-0.4, -0.2) is 9.97 Å². The molecule has 9 aromatic carbocycles. The Hall–Kier alpha value is -8.14. The van der Waals surface area contributed by atoms with Crippen molar-refractivity contribution in [1.29, 1.82) is 0 Å². The van der Waals surface area contributed by atoms with Gasteiger partial charge in [0.25, 0.3) is 0 Å². The quantitative estimate of drug-likeness (QED) is 0.161. The van der Waals surface area contributed by atoms with E-state index in [1.54, 1.807) is 0 Å². The molecule has 0 bridgehead atoms. The molecular formula is C59H38N2O. The highest BCUT2D eigenvalue weighted by molar-refractivity contribution is 6.10. The lowest BCUT2D eigenvalue weighted by Gasteiger charge is -2.34. The molecule has 290 valence electrons. The third-order valence-electron chi connectivity index (χ3n) is 12.6. The van der Waals surface area contributed by atoms with Gasteiger partial charge in [-0.15, -0.1) is 0 Å². The molecule has 0 amide bonds. The van der Waals surface area contributed by atoms with E-state index in [9.17, 15) is 0 Å². The number of furan rings is 1. The summed E-state index contributed by atoms with van der Waals surface area (Å²) in [5.74, 6) is 0.670. The van der Waals surface area contributed by atoms with E-state index in [0.717, 1.165) is 72.3 Å². The van der Waals surface area contributed by atoms with Gasteiger partial charge in [0.2, 0.25) is 0 Å². The van der Waals surface area contributed by atoms with Gasteiger partial charge in [0, 0.05) is 33.0 Å². The Morgan fingerprint density at radius 2 is 0.887 bits per heavy atom. The number of rotatable bonds is 7. The monoisotopic (exact) mass is 790 g/mol. The zero-order valence-electron chi connectivity index (χ0n) is 33.7. The summed E-state index contributed by atoms with van der Waals surface area (Å²) in [6, 6.07) is 82.2. The lowest BCUT2D eigenvalue weighted by molar-refractivity contribution is 0.670. The van der Waals surface area contributed by atoms with E-state index in [-0.39, 0.29) is 0 Å². The van der Waals surface area contributed by atoms with Gasteiger partial charge in [0.15, 0.2) is 5.82 Å². The van der Waals surface area contributed by atoms with Crippen molar-refractivity contribution in [1.82, 2.24) is 9.97 Å². The maximum Gasteiger partial charge on any atom is 0.160 e. The van der Waals surface area contributed by atoms with E-state index in [1.165, 1.54) is 33.4 Å². The smallest absolute Gasteiger partial charge is 0.160 e. The van der Waals surface area contributed by atoms with Gasteiger partial charge in [-0.3, -0.25) is 0 Å². The van der Waals surface area contributed by atoms with Crippen LogP contribution >= 0.6 is 0 Å². The molecule has 11 aromatic rings. The average Bonchev–Trinajstić information content (AvgIpc) is 3.89. The summed E-state index contributed by atoms with van der Waals surface area (Å²) in [5.41, 5.74) is 17.7. The van der Waals surface area contributed by atoms with Crippen molar-refractivity contribution in [2.75, 3.05) is 0 Å². The molecule has 12 rings (SSSR count). The van der Waals surface area contributed by atoms with E-state index in [0.29, 0.717) is 5.82 Å². The number of aromatic nitrogens is 2. The second-order valence-corrected chi connectivity index (χ2v) is 16.0. The van der Waals surface area contributed by atoms with Crippen molar-refractivity contribution < 1.29 is 4.42 Å². The highest BCUT2D eigenvalue weighted by atomic mass is 16.3. The molecule has 0 radical (unpaired) electrons. The predicted octanol–water partition coefficient (Wildman–Crippen LogP) is 15.1. The minimum absolute atomic E-state index is 0.533. The standard InChI is InChI=1S/C59H38N2O/c1-5-18-39(19-6-1)45-34-32-41(46-28-17-29-50-49-27-14-16-31-56(49)62-57(46)50)36-51(45)55-38-54(60-58(61-55)40-20-7-2-8-21-40)42-33-35-48-47-26-13-15-30-52(47)59(53(48)37-42,43-22-9-3-10-23-43)44-24-11-4-12-25-44/h1-38H. The second kappa shape index (κ2) is 14.5. The van der Waals surface area contributed by atoms with Crippen LogP contribution in [0.5, 0.6) is 0 Å². The summed E-state index contributed by atoms with van der Waals surface area (Å²) in [6.07, 6.45) is 0. The fourth-order valence-electron chi connectivity index (χ4n) is 9.82. The molecule has 0 fully saturated rings. The molecule has 1 aliphatic rings. The van der Waals surface area contributed by atoms with Crippen LogP contribution in [0.15, 0.2) is 235 Å². The normalized spacial score (nSPS) is 12.6. The third kappa shape index (κ3) is 5.67. The van der Waals surface area contributed by atoms with Crippen LogP contribution in [0.25, 0.3) is 89.2 Å². The van der Waals surface area contributed by atoms with E-state index in [4.69, 9.17) is 14.4 Å². The lowest BCUT2D eigenvalue weighted by atomic mass is 9.67. The maximum atomic E-state index is 6.57. The number of hydrogen-bond donors (Lipinski definition) is 0. The molecule has 0 spiro atoms. The fraction of sp³-hybridized carbons (Fsp3) is 0.0169. The molecule has 3 nitrogen and oxygen atoms in total. The molecule has 0 N–H and O–H groups in total. The average molecular weight is 791 g/mol. The van der Waals surface area contributed by atoms with Crippen molar-refractivity contribution in [2.24, 2.45) is 0 Å². The second-order valence-electron chi connectivity index (χ2n) is 16.0. The van der Waals surface area contributed by atoms with E-state index in [2.05, 4.69) is 212 Å². The summed E-state index contributed by atoms with van der Waals surface area (Å²) < 4.78 is 6.57. The summed E-state index contributed by atoms with van der Waals surface area (Å²) in [7, 11) is 0. The van der Waals surface area contributed by atoms with E-state index < -0.39 is 5.41 Å². The van der Waals surface area contributed by atoms with Crippen LogP contribution in [0, 0.1) is 0 Å². The van der Waals surface area contributed by atoms with Gasteiger partial charge in [-0.25, -0.2) is 9.97 Å². The van der Waals surface area contributed by atoms with E-state index >= 15 is 0 Å². The van der Waals surface area contributed by atoms with Crippen LogP contribution in [0.3, 0.4) is 0 Å². The van der Waals surface area contributed by atoms with Crippen LogP contribution in [-0.2, 0) is 5.41 Å². The Kier molecular flexibility index (Phi) is 8.39. The SMILES string of the molecule is c1ccc(-c2nc(-c3ccc4c(c3)C(c3ccccc3)(c3ccccc3)c3ccccc3-4)cc(-c3cc(-c4cccc5c4oc4ccccc45)ccc3-c3ccccc3)n2)cc1. The molecule has 2 aromatic heterocycles. The molecule has 2 heterocycles. The van der Waals surface area contributed by atoms with E-state index in [1.807, 2.05) is 18.2 Å². The Balaban J connectivity index is 1.11. The predicted molar refractivity (Wildman–Crippen MR) is 254 cm³/mol. The van der Waals surface area contributed by atoms with Crippen molar-refractivity contribution in [3.8, 4) is 67.3 Å². The first-order valence-corrected chi connectivity index (χ1v) is 21.1. The molecule has 3 heteroatoms. The Bertz CT molecular complexity index is 3410. The van der Waals surface area contributed by atoms with Gasteiger partial charge in [-0.1, -0.05) is 206 Å². The van der Waals surface area contributed by atoms with Gasteiger partial charge in [0.1, 0.15) is 11.2 Å². The Labute approximate surface area is 360 Å². The molecule has 0 aliphatic heterocycles. The largest absolute Gasteiger partial charge is 0.455 e. The molecule has 0 saturated carbocycles. The van der Waals surface area contributed by atoms with Gasteiger partial charge < -0.3 is 4.42 Å². The first-order chi connectivity index (χ1) is 30.7. The highest BCUT2D eigenvalue weighted by Gasteiger charge is 2.46. The number of benzene rings is 9. The number of nitrogens with zero attached hydrogens (tertiary/aromatic N) is 2. The van der Waals surface area contributed by atoms with Gasteiger partial charge in [0.05, 0.1) is 16.8 Å². The van der Waals surface area contributed by atoms with Crippen molar-refractivity contribution in [3.05, 3.63) is 253 Å². The highest BCUT2D eigenvalue weighted by Crippen LogP contribution is 2.56. The Morgan fingerprint density at radius 1 is 0.323 bits per heavy atom. The van der Waals surface area contributed by atoms with Crippen LogP contribution in [0.1, 0.15) is 22.3 Å². The topological polar surface area (TPSA) is 38.9 Å². The maximum absolute atomic E-state index is 6.57. The molecular weight excluding hydrogens is 753 g/mol. The number of fused-ring (bicyclic) bond motifs is 6. The zero-order valence-corrected chi connectivity index (χ0v) is 33.7. The third-order valence-corrected chi connectivity index (χ3v) is 12.6. The Morgan fingerprint density at radius 3 is 1.65 bits per heavy atom. The summed E-state index contributed by atoms with van der Waals surface area (Å²) in [6.45, 7) is 0. The molecule has 62 heavy (non-hydrogen) atoms. The van der Waals surface area contributed by atoms with Crippen LogP contribution in [0.4, 0.5) is 0 Å². The first kappa shape index (κ1) is 35.8. The van der Waals surface area contributed by atoms with Gasteiger partial charge in [-0.05, 0) is 74.3 Å². The molecule has 1 aliphatic carbocycles. The fourth-order valence-corrected chi connectivity index (χ4v) is 9.82. The van der Waals surface area contributed by atoms with Crippen molar-refractivity contribution >= 4 is 21.9 Å². The lowest BCUT2D eigenvalue weighted by Crippen LogP contribution is -2.28. The number of hydrogen-bond acceptors (Lipinski definition) is 3. The molecule has 0 saturated heterocycles. The minimum atomic E-state index is -0.533. The molecule has 0 unspecified atom stereocenters. The van der Waals surface area contributed by atoms with Crippen molar-refractivity contribution in [2.45, 2.75) is 5.41 Å². The molecule has 0 atom stereocenters. The zero-order chi connectivity index (χ0) is 41.0.